The molecule has 494 valence electrons. The summed E-state index contributed by atoms with van der Waals surface area (Å²) in [6.45, 7) is 0.329. The second-order valence-electron chi connectivity index (χ2n) is 17.0. The number of methoxy groups -OCH3 is 3. The summed E-state index contributed by atoms with van der Waals surface area (Å²) >= 11 is 15.5. The van der Waals surface area contributed by atoms with Crippen LogP contribution in [0.5, 0.6) is 17.6 Å². The summed E-state index contributed by atoms with van der Waals surface area (Å²) in [5.41, 5.74) is 35.9. The second kappa shape index (κ2) is 37.2. The zero-order chi connectivity index (χ0) is 68.8. The molecule has 14 N–H and O–H groups in total. The predicted molar refractivity (Wildman–Crippen MR) is 342 cm³/mol. The average molecular weight is 1520 g/mol. The third-order valence-corrected chi connectivity index (χ3v) is 13.2. The van der Waals surface area contributed by atoms with Crippen molar-refractivity contribution in [1.29, 1.82) is 0 Å². The third-order valence-electron chi connectivity index (χ3n) is 10.6. The summed E-state index contributed by atoms with van der Waals surface area (Å²) in [6, 6.07) is 8.40. The van der Waals surface area contributed by atoms with Crippen LogP contribution < -0.4 is 53.9 Å². The molecule has 12 heterocycles. The topological polar surface area (TPSA) is 535 Å². The number of nitrogens with zero attached hydrogens (tertiary/aromatic N) is 17. The molecule has 12 aromatic heterocycles. The zero-order valence-corrected chi connectivity index (χ0v) is 54.7. The number of nitrogens with two attached hydrogens (primary N) is 6. The summed E-state index contributed by atoms with van der Waals surface area (Å²) in [5.74, 6) is 0.391. The van der Waals surface area contributed by atoms with Crippen molar-refractivity contribution < 1.29 is 59.8 Å². The summed E-state index contributed by atoms with van der Waals surface area (Å²) < 4.78 is 67.6. The van der Waals surface area contributed by atoms with Gasteiger partial charge in [-0.15, -0.1) is 0 Å². The Bertz CT molecular complexity index is 4200. The van der Waals surface area contributed by atoms with Gasteiger partial charge in [-0.05, 0) is 72.1 Å². The number of rotatable bonds is 14. The molecular weight excluding hydrogens is 1470 g/mol. The molecule has 1 amide bonds. The minimum atomic E-state index is -1.08. The Kier molecular flexibility index (Phi) is 28.5. The molecule has 0 radical (unpaired) electrons. The van der Waals surface area contributed by atoms with E-state index in [1.54, 1.807) is 12.3 Å². The van der Waals surface area contributed by atoms with E-state index in [1.165, 1.54) is 127 Å². The normalized spacial score (nSPS) is 10.1. The van der Waals surface area contributed by atoms with Gasteiger partial charge in [-0.3, -0.25) is 19.6 Å². The first kappa shape index (κ1) is 72.7. The maximum absolute atomic E-state index is 13.5. The molecule has 12 aromatic rings. The third kappa shape index (κ3) is 23.1. The molecule has 0 unspecified atom stereocenters. The quantitative estimate of drug-likeness (QED) is 0.0496. The lowest BCUT2D eigenvalue weighted by Gasteiger charge is -2.09. The Balaban J connectivity index is 0.000000182. The molecule has 0 aliphatic heterocycles. The maximum Gasteiger partial charge on any atom is 0.309 e. The Morgan fingerprint density at radius 3 is 1.43 bits per heavy atom. The number of carbonyl (C=O) groups is 2. The van der Waals surface area contributed by atoms with E-state index < -0.39 is 23.5 Å². The van der Waals surface area contributed by atoms with Gasteiger partial charge in [0.05, 0.1) is 103 Å². The van der Waals surface area contributed by atoms with Crippen LogP contribution in [0.4, 0.5) is 38.5 Å². The lowest BCUT2D eigenvalue weighted by Crippen LogP contribution is -2.26. The van der Waals surface area contributed by atoms with Crippen LogP contribution in [-0.4, -0.2) is 123 Å². The van der Waals surface area contributed by atoms with E-state index in [4.69, 9.17) is 83.0 Å². The number of carboxylic acids is 1. The van der Waals surface area contributed by atoms with Crippen LogP contribution in [0.25, 0.3) is 46.3 Å². The van der Waals surface area contributed by atoms with Gasteiger partial charge in [-0.1, -0.05) is 11.6 Å². The number of nitrogens with one attached hydrogen (secondary N) is 1. The molecule has 0 spiro atoms. The Hall–Kier alpha value is -11.4. The molecule has 0 saturated heterocycles. The van der Waals surface area contributed by atoms with Crippen LogP contribution in [0.1, 0.15) is 22.8 Å². The fraction of sp³-hybridized carbons (Fsp3) is 0.130. The number of pyridine rings is 2. The Morgan fingerprint density at radius 1 is 0.537 bits per heavy atom. The van der Waals surface area contributed by atoms with Gasteiger partial charge in [0.1, 0.15) is 75.4 Å². The first-order valence-electron chi connectivity index (χ1n) is 26.0. The molecule has 0 aliphatic rings. The summed E-state index contributed by atoms with van der Waals surface area (Å²) in [6.07, 6.45) is 18.5. The highest BCUT2D eigenvalue weighted by Gasteiger charge is 2.20. The van der Waals surface area contributed by atoms with Crippen molar-refractivity contribution in [3.05, 3.63) is 170 Å². The van der Waals surface area contributed by atoms with E-state index in [0.717, 1.165) is 0 Å². The highest BCUT2D eigenvalue weighted by atomic mass is 79.9. The Labute approximate surface area is 563 Å². The van der Waals surface area contributed by atoms with Crippen LogP contribution in [0, 0.1) is 11.6 Å². The van der Waals surface area contributed by atoms with Crippen molar-refractivity contribution in [2.45, 2.75) is 25.9 Å². The predicted octanol–water partition coefficient (Wildman–Crippen LogP) is 7.25. The van der Waals surface area contributed by atoms with Gasteiger partial charge in [0.15, 0.2) is 6.39 Å². The summed E-state index contributed by atoms with van der Waals surface area (Å²) in [7, 11) is 4.48. The molecule has 0 atom stereocenters. The number of amides is 1. The van der Waals surface area contributed by atoms with Crippen LogP contribution in [0.3, 0.4) is 0 Å². The lowest BCUT2D eigenvalue weighted by molar-refractivity contribution is -0.136. The molecule has 0 aliphatic carbocycles. The first-order valence-corrected chi connectivity index (χ1v) is 28.8. The number of aromatic nitrogens is 17. The number of hydrogen-bond acceptors (Lipinski definition) is 33. The molecule has 12 rings (SSSR count). The van der Waals surface area contributed by atoms with Gasteiger partial charge in [0.2, 0.25) is 76.9 Å². The van der Waals surface area contributed by atoms with Gasteiger partial charge >= 0.3 is 5.97 Å². The number of carbonyl (C=O) groups excluding carboxylic acids is 1. The van der Waals surface area contributed by atoms with Gasteiger partial charge in [0, 0.05) is 31.1 Å². The summed E-state index contributed by atoms with van der Waals surface area (Å²) in [5, 5.41) is 11.2. The fourth-order valence-corrected chi connectivity index (χ4v) is 8.32. The van der Waals surface area contributed by atoms with Crippen molar-refractivity contribution in [3.63, 3.8) is 0 Å². The first-order chi connectivity index (χ1) is 45.7. The number of aliphatic carboxylic acids is 1. The molecule has 0 saturated carbocycles. The number of anilines is 5. The molecule has 0 fully saturated rings. The van der Waals surface area contributed by atoms with Crippen molar-refractivity contribution in [2.24, 2.45) is 5.73 Å². The van der Waals surface area contributed by atoms with Gasteiger partial charge in [-0.2, -0.15) is 15.0 Å². The van der Waals surface area contributed by atoms with Crippen molar-refractivity contribution in [2.75, 3.05) is 50.0 Å². The number of halogens is 6. The molecular formula is C54H50Br3ClF2N24O11. The lowest BCUT2D eigenvalue weighted by atomic mass is 10.2. The monoisotopic (exact) mass is 1520 g/mol. The van der Waals surface area contributed by atoms with E-state index in [9.17, 15) is 18.4 Å². The maximum atomic E-state index is 13.5. The zero-order valence-electron chi connectivity index (χ0n) is 49.2. The minimum absolute atomic E-state index is 0.0106. The molecule has 41 heteroatoms. The number of carboxylic acid groups (broad SMARTS) is 1. The van der Waals surface area contributed by atoms with Gasteiger partial charge in [0.25, 0.3) is 0 Å². The molecule has 95 heavy (non-hydrogen) atoms. The highest BCUT2D eigenvalue weighted by Crippen LogP contribution is 2.33. The number of ether oxygens (including phenoxy) is 3. The van der Waals surface area contributed by atoms with Crippen LogP contribution in [0.2, 0.25) is 5.15 Å². The van der Waals surface area contributed by atoms with Crippen molar-refractivity contribution in [3.8, 4) is 64.0 Å². The Morgan fingerprint density at radius 2 is 1.00 bits per heavy atom. The smallest absolute Gasteiger partial charge is 0.309 e. The molecule has 0 aromatic carbocycles. The van der Waals surface area contributed by atoms with Crippen molar-refractivity contribution >= 4 is 101 Å². The van der Waals surface area contributed by atoms with Crippen LogP contribution in [-0.2, 0) is 35.5 Å². The van der Waals surface area contributed by atoms with E-state index >= 15 is 0 Å². The SMILES string of the molecule is COc1cc(-c2ncco2)nc(N)n1.COc1cc(Cl)nc(N)n1.COc1nc(N)nc(-c2ncco2)c1Br.NCc1nc(N)nc(-c2ncco2)c1Br.Nc1nc(CNC(=O)Cc2ncccc2F)c(Br)c(-c2ncco2)n1.O=C(O)Cc1ncccc1F.c1cocn1. The molecule has 35 nitrogen and oxygen atoms in total. The van der Waals surface area contributed by atoms with E-state index in [-0.39, 0.29) is 78.1 Å². The molecule has 0 bridgehead atoms. The second-order valence-corrected chi connectivity index (χ2v) is 19.8. The van der Waals surface area contributed by atoms with E-state index in [0.29, 0.717) is 82.9 Å². The average Bonchev–Trinajstić information content (AvgIpc) is 1.83. The van der Waals surface area contributed by atoms with Crippen LogP contribution in [0.15, 0.2) is 153 Å². The largest absolute Gasteiger partial charge is 0.481 e. The highest BCUT2D eigenvalue weighted by molar-refractivity contribution is 9.11. The van der Waals surface area contributed by atoms with E-state index in [1.807, 2.05) is 0 Å². The number of oxazole rings is 5. The van der Waals surface area contributed by atoms with Gasteiger partial charge < -0.3 is 81.1 Å². The fourth-order valence-electron chi connectivity index (χ4n) is 6.64. The number of nitrogen functional groups attached to an aromatic ring is 5. The number of hydrogen-bond donors (Lipinski definition) is 8. The standard InChI is InChI=1S/C15H12BrFN6O2.C8H8BrN5O.C8H7BrN4O2.C8H8N4O2.C7H6FNO2.C5H6ClN3O.C3H3NO/c16-12-10(22-15(18)23-13(12)14-20-4-5-25-14)7-21-11(24)6-9-8(17)2-1-3-19-9;9-5-4(3-10)13-8(11)14-6(5)7-12-1-2-15-7;1-14-6-4(9)5(12-8(10)13-6)7-11-2-3-15-7;1-13-6-4-5(11-8(9)12-6)7-10-2-3-14-7;8-5-2-1-3-9-6(5)4-7(10)11;1-10-4-2-3(6)8-5(7)9-4;1-2-5-3-4-1/h1-5H,6-7H2,(H,21,24)(H2,18,22,23);1-2H,3,10H2,(H2,11,13,14);2-3H,1H3,(H2,10,12,13);2-4H,1H3,(H2,9,11,12);1-3H,4H2,(H,10,11);2H,1H3,(H2,7,8,9);1-3H. The summed E-state index contributed by atoms with van der Waals surface area (Å²) in [4.78, 5) is 88.2. The van der Waals surface area contributed by atoms with Crippen molar-refractivity contribution in [1.82, 2.24) is 90.0 Å². The van der Waals surface area contributed by atoms with E-state index in [2.05, 4.69) is 142 Å². The van der Waals surface area contributed by atoms with Crippen LogP contribution >= 0.6 is 59.4 Å². The minimum Gasteiger partial charge on any atom is -0.481 e. The van der Waals surface area contributed by atoms with Gasteiger partial charge in [-0.25, -0.2) is 68.6 Å².